The van der Waals surface area contributed by atoms with Crippen LogP contribution in [0.15, 0.2) is 42.6 Å². The molecule has 3 heteroatoms. The van der Waals surface area contributed by atoms with E-state index in [1.54, 1.807) is 0 Å². The van der Waals surface area contributed by atoms with Crippen molar-refractivity contribution in [1.82, 2.24) is 10.3 Å². The van der Waals surface area contributed by atoms with E-state index in [4.69, 9.17) is 4.98 Å². The number of aromatic nitrogens is 1. The van der Waals surface area contributed by atoms with E-state index in [1.807, 2.05) is 25.3 Å². The smallest absolute Gasteiger partial charge is 0.227 e. The lowest BCUT2D eigenvalue weighted by Gasteiger charge is -2.31. The average Bonchev–Trinajstić information content (AvgIpc) is 2.73. The molecule has 2 aliphatic rings. The quantitative estimate of drug-likeness (QED) is 0.732. The van der Waals surface area contributed by atoms with Crippen LogP contribution >= 0.6 is 0 Å². The number of aryl methyl sites for hydroxylation is 2. The van der Waals surface area contributed by atoms with Gasteiger partial charge in [0, 0.05) is 21.0 Å². The van der Waals surface area contributed by atoms with Crippen molar-refractivity contribution in [3.8, 4) is 0 Å². The van der Waals surface area contributed by atoms with Gasteiger partial charge in [-0.15, -0.1) is 0 Å². The first-order valence-corrected chi connectivity index (χ1v) is 10.6. The number of allylic oxidation sites excluding steroid dienone is 1. The highest BCUT2D eigenvalue weighted by atomic mass is 16.1. The molecule has 0 radical (unpaired) electrons. The van der Waals surface area contributed by atoms with Gasteiger partial charge >= 0.3 is 0 Å². The van der Waals surface area contributed by atoms with Crippen molar-refractivity contribution < 1.29 is 7.65 Å². The van der Waals surface area contributed by atoms with Crippen LogP contribution < -0.4 is 5.32 Å². The van der Waals surface area contributed by atoms with Gasteiger partial charge in [0.2, 0.25) is 5.91 Å². The lowest BCUT2D eigenvalue weighted by molar-refractivity contribution is -0.123. The molecule has 1 fully saturated rings. The maximum Gasteiger partial charge on any atom is 0.227 e. The summed E-state index contributed by atoms with van der Waals surface area (Å²) in [6.45, 7) is 4.09. The molecule has 2 aromatic rings. The molecular weight excluding hydrogens is 344 g/mol. The van der Waals surface area contributed by atoms with E-state index in [9.17, 15) is 4.79 Å². The average molecular weight is 379 g/mol. The Morgan fingerprint density at radius 1 is 1.25 bits per heavy atom. The summed E-state index contributed by atoms with van der Waals surface area (Å²) in [7, 11) is 0. The van der Waals surface area contributed by atoms with Crippen molar-refractivity contribution in [3.05, 3.63) is 70.6 Å². The molecule has 28 heavy (non-hydrogen) atoms. The monoisotopic (exact) mass is 378 g/mol. The van der Waals surface area contributed by atoms with Gasteiger partial charge in [0.05, 0.1) is 11.6 Å². The zero-order valence-corrected chi connectivity index (χ0v) is 16.9. The number of fused-ring (bicyclic) bond motifs is 1. The Bertz CT molecular complexity index is 896. The van der Waals surface area contributed by atoms with E-state index < -0.39 is 0 Å². The third-order valence-electron chi connectivity index (χ3n) is 6.43. The highest BCUT2D eigenvalue weighted by Gasteiger charge is 2.29. The Morgan fingerprint density at radius 2 is 2.11 bits per heavy atom. The summed E-state index contributed by atoms with van der Waals surface area (Å²) in [6, 6.07) is 10.6. The fourth-order valence-corrected chi connectivity index (χ4v) is 4.82. The lowest BCUT2D eigenvalue weighted by atomic mass is 9.80. The molecule has 3 unspecified atom stereocenters. The number of carbonyl (C=O) groups is 1. The zero-order valence-electron chi connectivity index (χ0n) is 16.9. The minimum atomic E-state index is -0.118. The molecule has 150 valence electrons. The van der Waals surface area contributed by atoms with Gasteiger partial charge in [-0.2, -0.15) is 0 Å². The number of hydrogen-bond donors (Lipinski definition) is 1. The first-order chi connectivity index (χ1) is 13.6. The topological polar surface area (TPSA) is 42.0 Å². The molecule has 1 N–H and O–H groups in total. The van der Waals surface area contributed by atoms with Crippen LogP contribution in [0, 0.1) is 6.92 Å². The van der Waals surface area contributed by atoms with E-state index >= 15 is 0 Å². The Kier molecular flexibility index (Phi) is 5.61. The summed E-state index contributed by atoms with van der Waals surface area (Å²) < 4.78 is 0. The van der Waals surface area contributed by atoms with Crippen molar-refractivity contribution >= 4 is 12.0 Å². The fraction of sp³-hybridized carbons (Fsp3) is 0.440. The van der Waals surface area contributed by atoms with Crippen LogP contribution in [0.3, 0.4) is 0 Å². The van der Waals surface area contributed by atoms with E-state index in [-0.39, 0.29) is 20.7 Å². The first-order valence-electron chi connectivity index (χ1n) is 10.6. The number of benzene rings is 1. The number of pyridine rings is 1. The molecule has 0 bridgehead atoms. The predicted octanol–water partition coefficient (Wildman–Crippen LogP) is 5.79. The summed E-state index contributed by atoms with van der Waals surface area (Å²) >= 11 is 0. The Balaban J connectivity index is 0.00000160. The maximum absolute atomic E-state index is 12.9. The van der Waals surface area contributed by atoms with Crippen molar-refractivity contribution in [2.75, 3.05) is 0 Å². The second-order valence-corrected chi connectivity index (χ2v) is 8.36. The molecule has 0 aliphatic heterocycles. The molecule has 4 rings (SSSR count). The summed E-state index contributed by atoms with van der Waals surface area (Å²) in [4.78, 5) is 17.7. The SMILES string of the molecule is Cc1ccccc1C(C)C(=O)NC1CCCC(c2nccc3c2C=CCC3)C1.[HH].[HH]. The van der Waals surface area contributed by atoms with Gasteiger partial charge in [-0.3, -0.25) is 9.78 Å². The highest BCUT2D eigenvalue weighted by Crippen LogP contribution is 2.36. The summed E-state index contributed by atoms with van der Waals surface area (Å²) in [5.41, 5.74) is 6.29. The second kappa shape index (κ2) is 8.30. The molecule has 1 aromatic carbocycles. The van der Waals surface area contributed by atoms with Gasteiger partial charge in [0.25, 0.3) is 0 Å². The number of nitrogens with zero attached hydrogens (tertiary/aromatic N) is 1. The molecule has 1 heterocycles. The highest BCUT2D eigenvalue weighted by molar-refractivity contribution is 5.83. The molecule has 0 saturated heterocycles. The van der Waals surface area contributed by atoms with E-state index in [1.165, 1.54) is 22.4 Å². The molecule has 3 nitrogen and oxygen atoms in total. The van der Waals surface area contributed by atoms with Crippen LogP contribution in [0.1, 0.15) is 81.7 Å². The zero-order chi connectivity index (χ0) is 19.5. The van der Waals surface area contributed by atoms with Crippen LogP contribution in [0.5, 0.6) is 0 Å². The van der Waals surface area contributed by atoms with Crippen LogP contribution in [0.4, 0.5) is 0 Å². The Labute approximate surface area is 171 Å². The third kappa shape index (κ3) is 3.89. The Morgan fingerprint density at radius 3 is 2.96 bits per heavy atom. The molecule has 1 amide bonds. The van der Waals surface area contributed by atoms with Crippen molar-refractivity contribution in [1.29, 1.82) is 0 Å². The van der Waals surface area contributed by atoms with Gasteiger partial charge in [0.15, 0.2) is 0 Å². The van der Waals surface area contributed by atoms with E-state index in [0.717, 1.165) is 44.1 Å². The van der Waals surface area contributed by atoms with Gasteiger partial charge in [-0.25, -0.2) is 0 Å². The number of amides is 1. The van der Waals surface area contributed by atoms with Gasteiger partial charge in [-0.05, 0) is 74.3 Å². The predicted molar refractivity (Wildman–Crippen MR) is 119 cm³/mol. The second-order valence-electron chi connectivity index (χ2n) is 8.36. The van der Waals surface area contributed by atoms with Crippen LogP contribution in [0.2, 0.25) is 0 Å². The minimum absolute atomic E-state index is 0. The molecule has 3 atom stereocenters. The number of hydrogen-bond acceptors (Lipinski definition) is 2. The molecule has 1 saturated carbocycles. The third-order valence-corrected chi connectivity index (χ3v) is 6.43. The summed E-state index contributed by atoms with van der Waals surface area (Å²) in [5.74, 6) is 0.459. The maximum atomic E-state index is 12.9. The lowest BCUT2D eigenvalue weighted by Crippen LogP contribution is -2.40. The normalized spacial score (nSPS) is 22.4. The standard InChI is InChI=1S/C25H30N2O.2H2/c1-17-8-3-5-12-22(17)18(2)25(28)27-21-11-7-10-20(16-21)24-23-13-6-4-9-19(23)14-15-26-24;;/h3,5-6,8,12-15,18,20-21H,4,7,9-11,16H2,1-2H3,(H,27,28);2*1H. The summed E-state index contributed by atoms with van der Waals surface area (Å²) in [6.07, 6.45) is 13.1. The van der Waals surface area contributed by atoms with Crippen LogP contribution in [0.25, 0.3) is 6.08 Å². The minimum Gasteiger partial charge on any atom is -0.353 e. The van der Waals surface area contributed by atoms with Crippen molar-refractivity contribution in [2.45, 2.75) is 70.3 Å². The van der Waals surface area contributed by atoms with Gasteiger partial charge in [0.1, 0.15) is 0 Å². The van der Waals surface area contributed by atoms with Gasteiger partial charge < -0.3 is 5.32 Å². The number of carbonyl (C=O) groups excluding carboxylic acids is 1. The van der Waals surface area contributed by atoms with Crippen molar-refractivity contribution in [3.63, 3.8) is 0 Å². The van der Waals surface area contributed by atoms with Crippen molar-refractivity contribution in [2.24, 2.45) is 0 Å². The van der Waals surface area contributed by atoms with Crippen LogP contribution in [-0.2, 0) is 11.2 Å². The molecular formula is C25H34N2O. The summed E-state index contributed by atoms with van der Waals surface area (Å²) in [5, 5.41) is 3.34. The first kappa shape index (κ1) is 18.9. The molecule has 2 aliphatic carbocycles. The number of nitrogens with one attached hydrogen (secondary N) is 1. The largest absolute Gasteiger partial charge is 0.353 e. The van der Waals surface area contributed by atoms with Gasteiger partial charge in [-0.1, -0.05) is 42.8 Å². The fourth-order valence-electron chi connectivity index (χ4n) is 4.82. The van der Waals surface area contributed by atoms with E-state index in [2.05, 4.69) is 42.6 Å². The molecule has 0 spiro atoms. The molecule has 1 aromatic heterocycles. The number of rotatable bonds is 4. The van der Waals surface area contributed by atoms with Crippen LogP contribution in [-0.4, -0.2) is 16.9 Å². The van der Waals surface area contributed by atoms with E-state index in [0.29, 0.717) is 5.92 Å². The Hall–Kier alpha value is -2.42.